The number of nitrogens with one attached hydrogen (secondary N) is 1. The van der Waals surface area contributed by atoms with Gasteiger partial charge in [0.15, 0.2) is 0 Å². The van der Waals surface area contributed by atoms with E-state index in [-0.39, 0.29) is 12.1 Å². The van der Waals surface area contributed by atoms with Gasteiger partial charge in [-0.2, -0.15) is 0 Å². The number of aryl methyl sites for hydroxylation is 1. The van der Waals surface area contributed by atoms with Gasteiger partial charge in [-0.1, -0.05) is 0 Å². The van der Waals surface area contributed by atoms with Crippen LogP contribution in [0.3, 0.4) is 0 Å². The normalized spacial score (nSPS) is 18.9. The van der Waals surface area contributed by atoms with Gasteiger partial charge in [0.1, 0.15) is 6.04 Å². The number of carbonyl (C=O) groups is 1. The highest BCUT2D eigenvalue weighted by atomic mass is 32.1. The average molecular weight is 253 g/mol. The zero-order valence-electron chi connectivity index (χ0n) is 10.3. The molecular formula is C13H19NO2S. The minimum Gasteiger partial charge on any atom is -0.480 e. The molecule has 1 aromatic heterocycles. The lowest BCUT2D eigenvalue weighted by molar-refractivity contribution is -0.140. The Bertz CT molecular complexity index is 398. The van der Waals surface area contributed by atoms with E-state index in [1.807, 2.05) is 0 Å². The first-order valence-electron chi connectivity index (χ1n) is 6.10. The summed E-state index contributed by atoms with van der Waals surface area (Å²) in [7, 11) is 0. The highest BCUT2D eigenvalue weighted by Gasteiger charge is 2.36. The summed E-state index contributed by atoms with van der Waals surface area (Å²) in [5.41, 5.74) is 0. The lowest BCUT2D eigenvalue weighted by Gasteiger charge is -2.19. The highest BCUT2D eigenvalue weighted by Crippen LogP contribution is 2.33. The van der Waals surface area contributed by atoms with Gasteiger partial charge in [0, 0.05) is 15.8 Å². The van der Waals surface area contributed by atoms with E-state index in [0.717, 1.165) is 19.3 Å². The molecule has 0 spiro atoms. The summed E-state index contributed by atoms with van der Waals surface area (Å²) in [6.07, 6.45) is 3.01. The minimum absolute atomic E-state index is 0.217. The van der Waals surface area contributed by atoms with Crippen molar-refractivity contribution < 1.29 is 9.90 Å². The SMILES string of the molecule is Cc1ccc(CC(C)NC(C(=O)O)C2CC2)s1. The largest absolute Gasteiger partial charge is 0.480 e. The van der Waals surface area contributed by atoms with E-state index in [1.54, 1.807) is 11.3 Å². The lowest BCUT2D eigenvalue weighted by Crippen LogP contribution is -2.44. The number of hydrogen-bond acceptors (Lipinski definition) is 3. The Balaban J connectivity index is 1.87. The van der Waals surface area contributed by atoms with E-state index in [2.05, 4.69) is 31.3 Å². The number of carboxylic acid groups (broad SMARTS) is 1. The van der Waals surface area contributed by atoms with Crippen LogP contribution in [0.15, 0.2) is 12.1 Å². The van der Waals surface area contributed by atoms with Crippen LogP contribution in [-0.2, 0) is 11.2 Å². The van der Waals surface area contributed by atoms with Crippen molar-refractivity contribution in [2.75, 3.05) is 0 Å². The molecule has 2 atom stereocenters. The third-order valence-corrected chi connectivity index (χ3v) is 4.15. The first-order valence-corrected chi connectivity index (χ1v) is 6.92. The molecule has 1 saturated carbocycles. The van der Waals surface area contributed by atoms with E-state index < -0.39 is 5.97 Å². The molecule has 1 aliphatic carbocycles. The Morgan fingerprint density at radius 2 is 2.29 bits per heavy atom. The van der Waals surface area contributed by atoms with Crippen molar-refractivity contribution in [1.29, 1.82) is 0 Å². The summed E-state index contributed by atoms with van der Waals surface area (Å²) < 4.78 is 0. The van der Waals surface area contributed by atoms with Crippen molar-refractivity contribution in [3.63, 3.8) is 0 Å². The molecule has 2 unspecified atom stereocenters. The van der Waals surface area contributed by atoms with Crippen LogP contribution in [0.1, 0.15) is 29.5 Å². The second-order valence-corrected chi connectivity index (χ2v) is 6.31. The van der Waals surface area contributed by atoms with Crippen LogP contribution in [0.2, 0.25) is 0 Å². The molecule has 0 aromatic carbocycles. The molecule has 94 valence electrons. The third-order valence-electron chi connectivity index (χ3n) is 3.13. The van der Waals surface area contributed by atoms with E-state index in [1.165, 1.54) is 9.75 Å². The lowest BCUT2D eigenvalue weighted by atomic mass is 10.1. The molecule has 0 bridgehead atoms. The van der Waals surface area contributed by atoms with E-state index >= 15 is 0 Å². The topological polar surface area (TPSA) is 49.3 Å². The number of carboxylic acids is 1. The van der Waals surface area contributed by atoms with Crippen LogP contribution in [0, 0.1) is 12.8 Å². The van der Waals surface area contributed by atoms with Gasteiger partial charge in [0.05, 0.1) is 0 Å². The van der Waals surface area contributed by atoms with Crippen LogP contribution in [0.4, 0.5) is 0 Å². The Morgan fingerprint density at radius 3 is 2.76 bits per heavy atom. The molecule has 17 heavy (non-hydrogen) atoms. The van der Waals surface area contributed by atoms with Crippen molar-refractivity contribution in [1.82, 2.24) is 5.32 Å². The molecule has 4 heteroatoms. The Labute approximate surface area is 106 Å². The molecule has 0 aliphatic heterocycles. The molecule has 0 amide bonds. The minimum atomic E-state index is -0.707. The maximum Gasteiger partial charge on any atom is 0.320 e. The maximum absolute atomic E-state index is 11.1. The van der Waals surface area contributed by atoms with Gasteiger partial charge in [0.25, 0.3) is 0 Å². The van der Waals surface area contributed by atoms with E-state index in [0.29, 0.717) is 5.92 Å². The van der Waals surface area contributed by atoms with Crippen molar-refractivity contribution in [2.24, 2.45) is 5.92 Å². The zero-order valence-corrected chi connectivity index (χ0v) is 11.1. The van der Waals surface area contributed by atoms with Crippen molar-refractivity contribution in [2.45, 2.75) is 45.2 Å². The average Bonchev–Trinajstić information content (AvgIpc) is 3.00. The van der Waals surface area contributed by atoms with Crippen molar-refractivity contribution >= 4 is 17.3 Å². The summed E-state index contributed by atoms with van der Waals surface area (Å²) in [5.74, 6) is -0.360. The van der Waals surface area contributed by atoms with Gasteiger partial charge in [0.2, 0.25) is 0 Å². The standard InChI is InChI=1S/C13H19NO2S/c1-8(7-11-6-3-9(2)17-11)14-12(13(15)16)10-4-5-10/h3,6,8,10,12,14H,4-5,7H2,1-2H3,(H,15,16). The van der Waals surface area contributed by atoms with Gasteiger partial charge < -0.3 is 10.4 Å². The molecule has 2 N–H and O–H groups in total. The molecule has 1 heterocycles. The Morgan fingerprint density at radius 1 is 1.59 bits per heavy atom. The summed E-state index contributed by atoms with van der Waals surface area (Å²) in [6.45, 7) is 4.16. The number of aliphatic carboxylic acids is 1. The number of thiophene rings is 1. The quantitative estimate of drug-likeness (QED) is 0.818. The number of hydrogen-bond donors (Lipinski definition) is 2. The molecular weight excluding hydrogens is 234 g/mol. The molecule has 0 radical (unpaired) electrons. The number of rotatable bonds is 6. The van der Waals surface area contributed by atoms with Crippen LogP contribution >= 0.6 is 11.3 Å². The fraction of sp³-hybridized carbons (Fsp3) is 0.615. The maximum atomic E-state index is 11.1. The van der Waals surface area contributed by atoms with Gasteiger partial charge in [-0.05, 0) is 51.2 Å². The molecule has 0 saturated heterocycles. The molecule has 2 rings (SSSR count). The van der Waals surface area contributed by atoms with Crippen molar-refractivity contribution in [3.05, 3.63) is 21.9 Å². The van der Waals surface area contributed by atoms with Crippen LogP contribution < -0.4 is 5.32 Å². The van der Waals surface area contributed by atoms with Crippen LogP contribution in [-0.4, -0.2) is 23.2 Å². The monoisotopic (exact) mass is 253 g/mol. The van der Waals surface area contributed by atoms with Gasteiger partial charge in [-0.25, -0.2) is 0 Å². The predicted octanol–water partition coefficient (Wildman–Crippen LogP) is 2.44. The van der Waals surface area contributed by atoms with Crippen LogP contribution in [0.25, 0.3) is 0 Å². The molecule has 1 fully saturated rings. The summed E-state index contributed by atoms with van der Waals surface area (Å²) in [5, 5.41) is 12.4. The fourth-order valence-electron chi connectivity index (χ4n) is 2.10. The zero-order chi connectivity index (χ0) is 12.4. The Hall–Kier alpha value is -0.870. The van der Waals surface area contributed by atoms with Gasteiger partial charge in [-0.3, -0.25) is 4.79 Å². The first-order chi connectivity index (χ1) is 8.06. The summed E-state index contributed by atoms with van der Waals surface area (Å²) in [6, 6.07) is 4.11. The molecule has 1 aromatic rings. The first kappa shape index (κ1) is 12.6. The Kier molecular flexibility index (Phi) is 3.84. The molecule has 3 nitrogen and oxygen atoms in total. The van der Waals surface area contributed by atoms with Gasteiger partial charge >= 0.3 is 5.97 Å². The summed E-state index contributed by atoms with van der Waals surface area (Å²) in [4.78, 5) is 13.7. The highest BCUT2D eigenvalue weighted by molar-refractivity contribution is 7.11. The second kappa shape index (κ2) is 5.19. The second-order valence-electron chi connectivity index (χ2n) is 4.94. The molecule has 1 aliphatic rings. The van der Waals surface area contributed by atoms with Gasteiger partial charge in [-0.15, -0.1) is 11.3 Å². The third kappa shape index (κ3) is 3.54. The fourth-order valence-corrected chi connectivity index (χ4v) is 3.12. The summed E-state index contributed by atoms with van der Waals surface area (Å²) >= 11 is 1.79. The van der Waals surface area contributed by atoms with Crippen LogP contribution in [0.5, 0.6) is 0 Å². The smallest absolute Gasteiger partial charge is 0.320 e. The van der Waals surface area contributed by atoms with E-state index in [4.69, 9.17) is 5.11 Å². The van der Waals surface area contributed by atoms with Crippen molar-refractivity contribution in [3.8, 4) is 0 Å². The predicted molar refractivity (Wildman–Crippen MR) is 69.5 cm³/mol. The van der Waals surface area contributed by atoms with E-state index in [9.17, 15) is 4.79 Å².